The number of hydrogen-bond acceptors (Lipinski definition) is 3. The van der Waals surface area contributed by atoms with Gasteiger partial charge in [0.1, 0.15) is 11.5 Å². The van der Waals surface area contributed by atoms with Crippen molar-refractivity contribution >= 4 is 5.69 Å². The summed E-state index contributed by atoms with van der Waals surface area (Å²) in [6.45, 7) is 0.644. The standard InChI is InChI=1S/C15H14N2O/c16-10-5-11-17-13-6-4-9-15(12-13)18-14-7-2-1-3-8-14/h1-4,6-9,12,17H,5,11H2. The van der Waals surface area contributed by atoms with Gasteiger partial charge in [0, 0.05) is 18.3 Å². The molecule has 0 saturated heterocycles. The van der Waals surface area contributed by atoms with Crippen LogP contribution in [0.2, 0.25) is 0 Å². The van der Waals surface area contributed by atoms with Crippen LogP contribution < -0.4 is 10.1 Å². The lowest BCUT2D eigenvalue weighted by Crippen LogP contribution is -1.99. The van der Waals surface area contributed by atoms with Crippen LogP contribution in [0.4, 0.5) is 5.69 Å². The fourth-order valence-electron chi connectivity index (χ4n) is 1.56. The predicted octanol–water partition coefficient (Wildman–Crippen LogP) is 3.80. The summed E-state index contributed by atoms with van der Waals surface area (Å²) in [5, 5.41) is 11.6. The molecule has 0 aromatic heterocycles. The molecule has 0 saturated carbocycles. The average Bonchev–Trinajstić information content (AvgIpc) is 2.41. The molecular formula is C15H14N2O. The highest BCUT2D eigenvalue weighted by Crippen LogP contribution is 2.23. The molecule has 0 spiro atoms. The van der Waals surface area contributed by atoms with Crippen molar-refractivity contribution in [3.8, 4) is 17.6 Å². The Hall–Kier alpha value is -2.47. The molecular weight excluding hydrogens is 224 g/mol. The van der Waals surface area contributed by atoms with E-state index >= 15 is 0 Å². The van der Waals surface area contributed by atoms with Crippen molar-refractivity contribution in [1.82, 2.24) is 0 Å². The summed E-state index contributed by atoms with van der Waals surface area (Å²) in [5.41, 5.74) is 0.957. The van der Waals surface area contributed by atoms with Crippen LogP contribution in [0, 0.1) is 11.3 Å². The number of anilines is 1. The molecule has 3 nitrogen and oxygen atoms in total. The zero-order chi connectivity index (χ0) is 12.6. The minimum Gasteiger partial charge on any atom is -0.457 e. The SMILES string of the molecule is N#CCCNc1cccc(Oc2ccccc2)c1. The van der Waals surface area contributed by atoms with Crippen LogP contribution in [0.15, 0.2) is 54.6 Å². The zero-order valence-corrected chi connectivity index (χ0v) is 9.97. The Bertz CT molecular complexity index is 532. The molecule has 2 aromatic rings. The summed E-state index contributed by atoms with van der Waals surface area (Å²) in [4.78, 5) is 0. The Balaban J connectivity index is 2.01. The first kappa shape index (κ1) is 12.0. The summed E-state index contributed by atoms with van der Waals surface area (Å²) in [6, 6.07) is 19.4. The van der Waals surface area contributed by atoms with Gasteiger partial charge in [-0.15, -0.1) is 0 Å². The van der Waals surface area contributed by atoms with Gasteiger partial charge in [-0.25, -0.2) is 0 Å². The number of nitriles is 1. The first-order chi connectivity index (χ1) is 8.88. The third kappa shape index (κ3) is 3.53. The second kappa shape index (κ2) is 6.31. The molecule has 1 N–H and O–H groups in total. The van der Waals surface area contributed by atoms with Crippen LogP contribution >= 0.6 is 0 Å². The molecule has 0 unspecified atom stereocenters. The van der Waals surface area contributed by atoms with E-state index in [9.17, 15) is 0 Å². The van der Waals surface area contributed by atoms with E-state index in [0.717, 1.165) is 17.2 Å². The van der Waals surface area contributed by atoms with Crippen molar-refractivity contribution in [2.45, 2.75) is 6.42 Å². The largest absolute Gasteiger partial charge is 0.457 e. The van der Waals surface area contributed by atoms with Gasteiger partial charge in [0.15, 0.2) is 0 Å². The first-order valence-electron chi connectivity index (χ1n) is 5.82. The number of nitrogens with one attached hydrogen (secondary N) is 1. The summed E-state index contributed by atoms with van der Waals surface area (Å²) < 4.78 is 5.72. The summed E-state index contributed by atoms with van der Waals surface area (Å²) in [7, 11) is 0. The number of para-hydroxylation sites is 1. The van der Waals surface area contributed by atoms with Gasteiger partial charge in [0.25, 0.3) is 0 Å². The number of ether oxygens (including phenoxy) is 1. The van der Waals surface area contributed by atoms with Crippen LogP contribution in [0.3, 0.4) is 0 Å². The van der Waals surface area contributed by atoms with E-state index in [4.69, 9.17) is 10.00 Å². The first-order valence-corrected chi connectivity index (χ1v) is 5.82. The van der Waals surface area contributed by atoms with Gasteiger partial charge < -0.3 is 10.1 Å². The molecule has 0 fully saturated rings. The van der Waals surface area contributed by atoms with Crippen molar-refractivity contribution < 1.29 is 4.74 Å². The van der Waals surface area contributed by atoms with Gasteiger partial charge in [-0.1, -0.05) is 24.3 Å². The van der Waals surface area contributed by atoms with E-state index in [2.05, 4.69) is 11.4 Å². The normalized spacial score (nSPS) is 9.50. The van der Waals surface area contributed by atoms with Gasteiger partial charge >= 0.3 is 0 Å². The molecule has 0 aliphatic rings. The maximum absolute atomic E-state index is 8.48. The molecule has 0 heterocycles. The zero-order valence-electron chi connectivity index (χ0n) is 9.97. The number of benzene rings is 2. The Kier molecular flexibility index (Phi) is 4.21. The van der Waals surface area contributed by atoms with Crippen LogP contribution in [0.25, 0.3) is 0 Å². The molecule has 2 aromatic carbocycles. The smallest absolute Gasteiger partial charge is 0.129 e. The van der Waals surface area contributed by atoms with Gasteiger partial charge in [-0.2, -0.15) is 5.26 Å². The van der Waals surface area contributed by atoms with Gasteiger partial charge in [-0.3, -0.25) is 0 Å². The van der Waals surface area contributed by atoms with Crippen molar-refractivity contribution in [3.05, 3.63) is 54.6 Å². The maximum atomic E-state index is 8.48. The number of nitrogens with zero attached hydrogens (tertiary/aromatic N) is 1. The minimum absolute atomic E-state index is 0.490. The molecule has 0 bridgehead atoms. The van der Waals surface area contributed by atoms with E-state index in [1.165, 1.54) is 0 Å². The van der Waals surface area contributed by atoms with E-state index in [1.807, 2.05) is 54.6 Å². The van der Waals surface area contributed by atoms with Crippen molar-refractivity contribution in [2.24, 2.45) is 0 Å². The van der Waals surface area contributed by atoms with Crippen LogP contribution in [-0.2, 0) is 0 Å². The molecule has 0 aliphatic heterocycles. The van der Waals surface area contributed by atoms with Gasteiger partial charge in [-0.05, 0) is 24.3 Å². The Morgan fingerprint density at radius 2 is 1.78 bits per heavy atom. The lowest BCUT2D eigenvalue weighted by molar-refractivity contribution is 0.483. The molecule has 3 heteroatoms. The molecule has 0 radical (unpaired) electrons. The van der Waals surface area contributed by atoms with Gasteiger partial charge in [0.2, 0.25) is 0 Å². The van der Waals surface area contributed by atoms with Crippen molar-refractivity contribution in [3.63, 3.8) is 0 Å². The second-order valence-corrected chi connectivity index (χ2v) is 3.78. The lowest BCUT2D eigenvalue weighted by Gasteiger charge is -2.08. The minimum atomic E-state index is 0.490. The topological polar surface area (TPSA) is 45.0 Å². The van der Waals surface area contributed by atoms with Crippen LogP contribution in [-0.4, -0.2) is 6.54 Å². The highest BCUT2D eigenvalue weighted by atomic mass is 16.5. The van der Waals surface area contributed by atoms with Crippen molar-refractivity contribution in [1.29, 1.82) is 5.26 Å². The highest BCUT2D eigenvalue weighted by Gasteiger charge is 1.98. The van der Waals surface area contributed by atoms with Crippen molar-refractivity contribution in [2.75, 3.05) is 11.9 Å². The average molecular weight is 238 g/mol. The third-order valence-electron chi connectivity index (χ3n) is 2.38. The van der Waals surface area contributed by atoms with E-state index < -0.39 is 0 Å². The van der Waals surface area contributed by atoms with Gasteiger partial charge in [0.05, 0.1) is 12.5 Å². The maximum Gasteiger partial charge on any atom is 0.129 e. The highest BCUT2D eigenvalue weighted by molar-refractivity contribution is 5.49. The molecule has 18 heavy (non-hydrogen) atoms. The second-order valence-electron chi connectivity index (χ2n) is 3.78. The molecule has 0 amide bonds. The molecule has 0 atom stereocenters. The van der Waals surface area contributed by atoms with Crippen LogP contribution in [0.5, 0.6) is 11.5 Å². The molecule has 0 aliphatic carbocycles. The predicted molar refractivity (Wildman–Crippen MR) is 71.7 cm³/mol. The fraction of sp³-hybridized carbons (Fsp3) is 0.133. The number of rotatable bonds is 5. The van der Waals surface area contributed by atoms with Crippen LogP contribution in [0.1, 0.15) is 6.42 Å². The van der Waals surface area contributed by atoms with E-state index in [0.29, 0.717) is 13.0 Å². The Morgan fingerprint density at radius 1 is 1.00 bits per heavy atom. The quantitative estimate of drug-likeness (QED) is 0.806. The van der Waals surface area contributed by atoms with E-state index in [-0.39, 0.29) is 0 Å². The summed E-state index contributed by atoms with van der Waals surface area (Å²) >= 11 is 0. The van der Waals surface area contributed by atoms with E-state index in [1.54, 1.807) is 0 Å². The molecule has 2 rings (SSSR count). The molecule has 90 valence electrons. The Labute approximate surface area is 107 Å². The fourth-order valence-corrected chi connectivity index (χ4v) is 1.56. The summed E-state index contributed by atoms with van der Waals surface area (Å²) in [5.74, 6) is 1.59. The Morgan fingerprint density at radius 3 is 2.56 bits per heavy atom. The lowest BCUT2D eigenvalue weighted by atomic mass is 10.3. The number of hydrogen-bond donors (Lipinski definition) is 1. The monoisotopic (exact) mass is 238 g/mol. The third-order valence-corrected chi connectivity index (χ3v) is 2.38. The summed E-state index contributed by atoms with van der Waals surface area (Å²) in [6.07, 6.45) is 0.490.